The molecule has 0 amide bonds. The normalized spacial score (nSPS) is 13.2. The molecule has 0 saturated carbocycles. The van der Waals surface area contributed by atoms with E-state index in [0.29, 0.717) is 50.3 Å². The fourth-order valence-corrected chi connectivity index (χ4v) is 11.9. The molecule has 0 aliphatic heterocycles. The van der Waals surface area contributed by atoms with Crippen LogP contribution >= 0.6 is 0 Å². The summed E-state index contributed by atoms with van der Waals surface area (Å²) >= 11 is 0. The molecule has 10 aromatic carbocycles. The van der Waals surface area contributed by atoms with Crippen molar-refractivity contribution in [1.29, 1.82) is 0 Å². The van der Waals surface area contributed by atoms with Gasteiger partial charge in [-0.1, -0.05) is 145 Å². The van der Waals surface area contributed by atoms with E-state index in [-0.39, 0.29) is 27.6 Å². The number of hydrogen-bond donors (Lipinski definition) is 0. The summed E-state index contributed by atoms with van der Waals surface area (Å²) in [6, 6.07) is 64.5. The highest BCUT2D eigenvalue weighted by Crippen LogP contribution is 2.64. The Labute approximate surface area is 444 Å². The van der Waals surface area contributed by atoms with E-state index in [0.717, 1.165) is 67.3 Å². The summed E-state index contributed by atoms with van der Waals surface area (Å²) in [6.45, 7) is 13.0. The van der Waals surface area contributed by atoms with Crippen LogP contribution in [0.25, 0.3) is 55.0 Å². The van der Waals surface area contributed by atoms with Crippen molar-refractivity contribution >= 4 is 78.0 Å². The summed E-state index contributed by atoms with van der Waals surface area (Å²) in [5.74, 6) is -2.37. The average Bonchev–Trinajstić information content (AvgIpc) is 4.10. The third kappa shape index (κ3) is 7.55. The van der Waals surface area contributed by atoms with Crippen molar-refractivity contribution in [2.24, 2.45) is 0 Å². The molecule has 8 heteroatoms. The Morgan fingerprint density at radius 3 is 1.25 bits per heavy atom. The van der Waals surface area contributed by atoms with Crippen LogP contribution in [0.3, 0.4) is 0 Å². The van der Waals surface area contributed by atoms with Crippen LogP contribution in [0.5, 0.6) is 0 Å². The zero-order valence-electron chi connectivity index (χ0n) is 43.4. The van der Waals surface area contributed by atoms with E-state index in [4.69, 9.17) is 8.83 Å². The lowest BCUT2D eigenvalue weighted by atomic mass is 9.67. The maximum absolute atomic E-state index is 17.2. The Bertz CT molecular complexity index is 4210. The fraction of sp³-hybridized carbons (Fsp3) is 0.130. The van der Waals surface area contributed by atoms with Gasteiger partial charge in [-0.2, -0.15) is 0 Å². The standard InChI is InChI=1S/C69H52F4N2O2/c1-67(2,3)41-21-29-48(30-22-41)74(50-33-25-45(70)26-34-50)56-39-53-61(65-60(56)52-19-13-14-20-58(52)76-65)62-54(69(53,43-15-9-7-10-16-43)44-17-11-8-12-18-44)40-57(64-63-55(73)37-47(72)38-59(63)77-66(62)64)75(51-35-27-46(71)28-36-51)49-31-23-42(24-32-49)68(4,5)6/h7-40H,1-6H3. The molecule has 4 nitrogen and oxygen atoms in total. The number of halogens is 4. The zero-order valence-corrected chi connectivity index (χ0v) is 43.4. The molecule has 0 spiro atoms. The van der Waals surface area contributed by atoms with Crippen molar-refractivity contribution in [3.63, 3.8) is 0 Å². The molecule has 0 radical (unpaired) electrons. The molecule has 13 rings (SSSR count). The molecule has 0 bridgehead atoms. The Kier molecular flexibility index (Phi) is 10.9. The van der Waals surface area contributed by atoms with Crippen LogP contribution in [-0.4, -0.2) is 0 Å². The minimum atomic E-state index is -1.17. The van der Waals surface area contributed by atoms with Gasteiger partial charge in [0.25, 0.3) is 0 Å². The number of anilines is 6. The predicted octanol–water partition coefficient (Wildman–Crippen LogP) is 19.9. The highest BCUT2D eigenvalue weighted by molar-refractivity contribution is 6.25. The van der Waals surface area contributed by atoms with Gasteiger partial charge in [-0.05, 0) is 135 Å². The first-order valence-corrected chi connectivity index (χ1v) is 25.9. The monoisotopic (exact) mass is 1020 g/mol. The van der Waals surface area contributed by atoms with E-state index in [1.165, 1.54) is 30.3 Å². The summed E-state index contributed by atoms with van der Waals surface area (Å²) < 4.78 is 77.4. The molecular weight excluding hydrogens is 965 g/mol. The van der Waals surface area contributed by atoms with Gasteiger partial charge in [0.1, 0.15) is 45.6 Å². The first-order chi connectivity index (χ1) is 37.1. The van der Waals surface area contributed by atoms with Crippen LogP contribution < -0.4 is 9.80 Å². The molecule has 0 unspecified atom stereocenters. The number of benzene rings is 10. The average molecular weight is 1020 g/mol. The van der Waals surface area contributed by atoms with E-state index < -0.39 is 22.9 Å². The van der Waals surface area contributed by atoms with Gasteiger partial charge >= 0.3 is 0 Å². The maximum Gasteiger partial charge on any atom is 0.145 e. The van der Waals surface area contributed by atoms with Gasteiger partial charge in [-0.3, -0.25) is 0 Å². The zero-order chi connectivity index (χ0) is 53.1. The van der Waals surface area contributed by atoms with E-state index in [1.54, 1.807) is 24.3 Å². The number of fused-ring (bicyclic) bond motifs is 11. The van der Waals surface area contributed by atoms with E-state index >= 15 is 17.6 Å². The smallest absolute Gasteiger partial charge is 0.145 e. The third-order valence-corrected chi connectivity index (χ3v) is 15.5. The van der Waals surface area contributed by atoms with Gasteiger partial charge in [0, 0.05) is 51.4 Å². The lowest BCUT2D eigenvalue weighted by Gasteiger charge is -2.36. The quantitative estimate of drug-likeness (QED) is 0.142. The van der Waals surface area contributed by atoms with Crippen molar-refractivity contribution in [1.82, 2.24) is 0 Å². The number of nitrogens with zero attached hydrogens (tertiary/aromatic N) is 2. The molecule has 2 aromatic heterocycles. The van der Waals surface area contributed by atoms with Crippen LogP contribution in [0.4, 0.5) is 51.7 Å². The molecule has 0 saturated heterocycles. The highest BCUT2D eigenvalue weighted by atomic mass is 19.1. The van der Waals surface area contributed by atoms with Gasteiger partial charge < -0.3 is 18.6 Å². The number of hydrogen-bond acceptors (Lipinski definition) is 4. The summed E-state index contributed by atoms with van der Waals surface area (Å²) in [5.41, 5.74) is 11.2. The van der Waals surface area contributed by atoms with Crippen LogP contribution in [0.1, 0.15) is 74.9 Å². The van der Waals surface area contributed by atoms with Gasteiger partial charge in [-0.15, -0.1) is 0 Å². The third-order valence-electron chi connectivity index (χ3n) is 15.5. The lowest BCUT2D eigenvalue weighted by Crippen LogP contribution is -2.29. The molecule has 1 aliphatic carbocycles. The number of rotatable bonds is 8. The Balaban J connectivity index is 1.25. The lowest BCUT2D eigenvalue weighted by molar-refractivity contribution is 0.584. The second kappa shape index (κ2) is 17.6. The van der Waals surface area contributed by atoms with Crippen LogP contribution in [0, 0.1) is 23.3 Å². The topological polar surface area (TPSA) is 32.8 Å². The molecule has 378 valence electrons. The fourth-order valence-electron chi connectivity index (χ4n) is 11.9. The second-order valence-corrected chi connectivity index (χ2v) is 22.2. The molecule has 0 atom stereocenters. The SMILES string of the molecule is CC(C)(C)c1ccc(N(c2ccc(F)cc2)c2cc3c(c4oc5ccccc5c24)-c2c(cc(N(c4ccc(F)cc4)c4ccc(C(C)(C)C)cc4)c4c2oc2cc(F)cc(F)c24)C3(c2ccccc2)c2ccccc2)cc1. The van der Waals surface area contributed by atoms with E-state index in [1.807, 2.05) is 77.7 Å². The summed E-state index contributed by atoms with van der Waals surface area (Å²) in [5, 5.41) is 2.10. The van der Waals surface area contributed by atoms with Crippen molar-refractivity contribution in [3.8, 4) is 11.1 Å². The van der Waals surface area contributed by atoms with E-state index in [2.05, 4.69) is 119 Å². The minimum Gasteiger partial charge on any atom is -0.455 e. The molecular formula is C69H52F4N2O2. The number of para-hydroxylation sites is 1. The molecule has 0 fully saturated rings. The van der Waals surface area contributed by atoms with Crippen molar-refractivity contribution in [2.45, 2.75) is 57.8 Å². The van der Waals surface area contributed by atoms with Gasteiger partial charge in [0.15, 0.2) is 0 Å². The molecule has 12 aromatic rings. The van der Waals surface area contributed by atoms with Crippen molar-refractivity contribution in [3.05, 3.63) is 263 Å². The summed E-state index contributed by atoms with van der Waals surface area (Å²) in [6.07, 6.45) is 0. The van der Waals surface area contributed by atoms with Crippen LogP contribution in [0.2, 0.25) is 0 Å². The first kappa shape index (κ1) is 47.8. The minimum absolute atomic E-state index is 0.0198. The first-order valence-electron chi connectivity index (χ1n) is 25.9. The Hall–Kier alpha value is -8.88. The predicted molar refractivity (Wildman–Crippen MR) is 305 cm³/mol. The Morgan fingerprint density at radius 1 is 0.377 bits per heavy atom. The summed E-state index contributed by atoms with van der Waals surface area (Å²) in [4.78, 5) is 4.17. The van der Waals surface area contributed by atoms with E-state index in [9.17, 15) is 0 Å². The Morgan fingerprint density at radius 2 is 0.779 bits per heavy atom. The van der Waals surface area contributed by atoms with Crippen LogP contribution in [0.15, 0.2) is 215 Å². The largest absolute Gasteiger partial charge is 0.455 e. The highest BCUT2D eigenvalue weighted by Gasteiger charge is 2.51. The molecule has 77 heavy (non-hydrogen) atoms. The second-order valence-electron chi connectivity index (χ2n) is 22.2. The van der Waals surface area contributed by atoms with Gasteiger partial charge in [0.2, 0.25) is 0 Å². The van der Waals surface area contributed by atoms with Gasteiger partial charge in [-0.25, -0.2) is 17.6 Å². The number of furan rings is 2. The summed E-state index contributed by atoms with van der Waals surface area (Å²) in [7, 11) is 0. The van der Waals surface area contributed by atoms with Crippen molar-refractivity contribution < 1.29 is 26.4 Å². The maximum atomic E-state index is 17.2. The molecule has 2 heterocycles. The van der Waals surface area contributed by atoms with Gasteiger partial charge in [0.05, 0.1) is 32.9 Å². The van der Waals surface area contributed by atoms with Crippen molar-refractivity contribution in [2.75, 3.05) is 9.80 Å². The molecule has 1 aliphatic rings. The molecule has 0 N–H and O–H groups in total. The van der Waals surface area contributed by atoms with Crippen LogP contribution in [-0.2, 0) is 16.2 Å².